The van der Waals surface area contributed by atoms with Gasteiger partial charge in [0.25, 0.3) is 0 Å². The average Bonchev–Trinajstić information content (AvgIpc) is 2.83. The van der Waals surface area contributed by atoms with E-state index < -0.39 is 0 Å². The highest BCUT2D eigenvalue weighted by Crippen LogP contribution is 2.36. The molecule has 1 N–H and O–H groups in total. The number of rotatable bonds is 6. The molecule has 102 valence electrons. The molecular formula is C15H26N2S. The van der Waals surface area contributed by atoms with Crippen LogP contribution in [0.2, 0.25) is 0 Å². The van der Waals surface area contributed by atoms with Crippen LogP contribution in [0, 0.1) is 0 Å². The topological polar surface area (TPSA) is 24.9 Å². The molecule has 3 heteroatoms. The second-order valence-corrected chi connectivity index (χ2v) is 6.40. The number of aryl methyl sites for hydroxylation is 1. The Morgan fingerprint density at radius 1 is 1.22 bits per heavy atom. The molecule has 0 bridgehead atoms. The van der Waals surface area contributed by atoms with Crippen molar-refractivity contribution in [2.24, 2.45) is 0 Å². The lowest BCUT2D eigenvalue weighted by Gasteiger charge is -2.18. The van der Waals surface area contributed by atoms with E-state index >= 15 is 0 Å². The minimum atomic E-state index is 0.758. The molecule has 1 saturated carbocycles. The third kappa shape index (κ3) is 3.55. The summed E-state index contributed by atoms with van der Waals surface area (Å²) in [6.45, 7) is 6.57. The normalized spacial score (nSPS) is 17.2. The number of nitrogens with one attached hydrogen (secondary N) is 1. The summed E-state index contributed by atoms with van der Waals surface area (Å²) in [4.78, 5) is 6.39. The Morgan fingerprint density at radius 3 is 2.67 bits per heavy atom. The zero-order valence-electron chi connectivity index (χ0n) is 11.8. The molecule has 0 radical (unpaired) electrons. The maximum absolute atomic E-state index is 4.91. The maximum atomic E-state index is 4.91. The summed E-state index contributed by atoms with van der Waals surface area (Å²) in [5.41, 5.74) is 1.34. The van der Waals surface area contributed by atoms with E-state index in [-0.39, 0.29) is 0 Å². The van der Waals surface area contributed by atoms with Crippen molar-refractivity contribution in [3.8, 4) is 0 Å². The quantitative estimate of drug-likeness (QED) is 0.778. The van der Waals surface area contributed by atoms with E-state index in [1.54, 1.807) is 0 Å². The van der Waals surface area contributed by atoms with E-state index in [0.717, 1.165) is 25.4 Å². The van der Waals surface area contributed by atoms with Crippen LogP contribution < -0.4 is 5.32 Å². The van der Waals surface area contributed by atoms with E-state index in [1.807, 2.05) is 11.3 Å². The Balaban J connectivity index is 2.02. The van der Waals surface area contributed by atoms with Crippen LogP contribution in [0.1, 0.15) is 73.9 Å². The highest BCUT2D eigenvalue weighted by molar-refractivity contribution is 7.11. The molecule has 0 atom stereocenters. The molecule has 0 aliphatic heterocycles. The van der Waals surface area contributed by atoms with Crippen molar-refractivity contribution in [1.82, 2.24) is 10.3 Å². The summed E-state index contributed by atoms with van der Waals surface area (Å²) in [6, 6.07) is 0. The molecule has 1 aromatic rings. The van der Waals surface area contributed by atoms with E-state index in [2.05, 4.69) is 19.2 Å². The van der Waals surface area contributed by atoms with Gasteiger partial charge < -0.3 is 5.32 Å². The Labute approximate surface area is 115 Å². The number of nitrogens with zero attached hydrogens (tertiary/aromatic N) is 1. The Bertz CT molecular complexity index is 353. The standard InChI is InChI=1S/C15H26N2S/c1-3-10-16-11-14-13(4-2)17-15(18-14)12-8-6-5-7-9-12/h12,16H,3-11H2,1-2H3. The van der Waals surface area contributed by atoms with Crippen molar-refractivity contribution in [2.45, 2.75) is 71.3 Å². The van der Waals surface area contributed by atoms with Crippen molar-refractivity contribution < 1.29 is 0 Å². The first-order valence-corrected chi connectivity index (χ1v) is 8.36. The summed E-state index contributed by atoms with van der Waals surface area (Å²) in [6.07, 6.45) is 9.22. The second-order valence-electron chi connectivity index (χ2n) is 5.29. The van der Waals surface area contributed by atoms with Crippen LogP contribution in [-0.4, -0.2) is 11.5 Å². The lowest BCUT2D eigenvalue weighted by atomic mass is 9.90. The van der Waals surface area contributed by atoms with Crippen LogP contribution in [0.4, 0.5) is 0 Å². The molecule has 2 rings (SSSR count). The highest BCUT2D eigenvalue weighted by atomic mass is 32.1. The number of aromatic nitrogens is 1. The van der Waals surface area contributed by atoms with Crippen molar-refractivity contribution in [3.63, 3.8) is 0 Å². The first-order chi connectivity index (χ1) is 8.85. The lowest BCUT2D eigenvalue weighted by molar-refractivity contribution is 0.442. The fraction of sp³-hybridized carbons (Fsp3) is 0.800. The van der Waals surface area contributed by atoms with E-state index in [9.17, 15) is 0 Å². The fourth-order valence-corrected chi connectivity index (χ4v) is 4.01. The van der Waals surface area contributed by atoms with E-state index in [0.29, 0.717) is 0 Å². The molecule has 1 aliphatic carbocycles. The van der Waals surface area contributed by atoms with Crippen LogP contribution in [0.5, 0.6) is 0 Å². The third-order valence-corrected chi connectivity index (χ3v) is 5.06. The van der Waals surface area contributed by atoms with Crippen LogP contribution in [0.25, 0.3) is 0 Å². The summed E-state index contributed by atoms with van der Waals surface area (Å²) in [5, 5.41) is 4.93. The predicted octanol–water partition coefficient (Wildman–Crippen LogP) is 4.25. The predicted molar refractivity (Wildman–Crippen MR) is 79.3 cm³/mol. The lowest BCUT2D eigenvalue weighted by Crippen LogP contribution is -2.13. The van der Waals surface area contributed by atoms with Gasteiger partial charge in [0.1, 0.15) is 0 Å². The molecule has 0 amide bonds. The first kappa shape index (κ1) is 14.0. The summed E-state index contributed by atoms with van der Waals surface area (Å²) in [7, 11) is 0. The van der Waals surface area contributed by atoms with Gasteiger partial charge in [-0.2, -0.15) is 0 Å². The number of hydrogen-bond acceptors (Lipinski definition) is 3. The first-order valence-electron chi connectivity index (χ1n) is 7.54. The van der Waals surface area contributed by atoms with Gasteiger partial charge in [0, 0.05) is 17.3 Å². The van der Waals surface area contributed by atoms with Gasteiger partial charge in [0.05, 0.1) is 10.7 Å². The van der Waals surface area contributed by atoms with Gasteiger partial charge in [-0.05, 0) is 32.2 Å². The Morgan fingerprint density at radius 2 is 2.00 bits per heavy atom. The highest BCUT2D eigenvalue weighted by Gasteiger charge is 2.20. The minimum Gasteiger partial charge on any atom is -0.312 e. The van der Waals surface area contributed by atoms with Gasteiger partial charge >= 0.3 is 0 Å². The minimum absolute atomic E-state index is 0.758. The molecule has 1 fully saturated rings. The van der Waals surface area contributed by atoms with Gasteiger partial charge in [-0.1, -0.05) is 33.1 Å². The third-order valence-electron chi connectivity index (χ3n) is 3.80. The molecule has 18 heavy (non-hydrogen) atoms. The summed E-state index contributed by atoms with van der Waals surface area (Å²) in [5.74, 6) is 0.758. The van der Waals surface area contributed by atoms with Crippen molar-refractivity contribution >= 4 is 11.3 Å². The zero-order chi connectivity index (χ0) is 12.8. The van der Waals surface area contributed by atoms with Crippen molar-refractivity contribution in [1.29, 1.82) is 0 Å². The fourth-order valence-electron chi connectivity index (χ4n) is 2.72. The largest absolute Gasteiger partial charge is 0.312 e. The number of thiazole rings is 1. The van der Waals surface area contributed by atoms with Crippen molar-refractivity contribution in [3.05, 3.63) is 15.6 Å². The van der Waals surface area contributed by atoms with Gasteiger partial charge in [-0.3, -0.25) is 0 Å². The van der Waals surface area contributed by atoms with Crippen LogP contribution in [-0.2, 0) is 13.0 Å². The van der Waals surface area contributed by atoms with Gasteiger partial charge in [0.15, 0.2) is 0 Å². The maximum Gasteiger partial charge on any atom is 0.0962 e. The van der Waals surface area contributed by atoms with Crippen molar-refractivity contribution in [2.75, 3.05) is 6.54 Å². The summed E-state index contributed by atoms with van der Waals surface area (Å²) >= 11 is 1.97. The molecule has 0 unspecified atom stereocenters. The molecule has 0 aromatic carbocycles. The molecule has 1 aromatic heterocycles. The Kier molecular flexibility index (Phi) is 5.64. The number of hydrogen-bond donors (Lipinski definition) is 1. The van der Waals surface area contributed by atoms with Crippen LogP contribution in [0.3, 0.4) is 0 Å². The van der Waals surface area contributed by atoms with Gasteiger partial charge in [0.2, 0.25) is 0 Å². The monoisotopic (exact) mass is 266 g/mol. The van der Waals surface area contributed by atoms with E-state index in [4.69, 9.17) is 4.98 Å². The second kappa shape index (κ2) is 7.25. The van der Waals surface area contributed by atoms with Crippen LogP contribution in [0.15, 0.2) is 0 Å². The summed E-state index contributed by atoms with van der Waals surface area (Å²) < 4.78 is 0. The Hall–Kier alpha value is -0.410. The molecule has 2 nitrogen and oxygen atoms in total. The smallest absolute Gasteiger partial charge is 0.0962 e. The molecule has 1 aliphatic rings. The average molecular weight is 266 g/mol. The molecule has 0 spiro atoms. The SMILES string of the molecule is CCCNCc1sc(C2CCCCC2)nc1CC. The molecular weight excluding hydrogens is 240 g/mol. The van der Waals surface area contributed by atoms with Gasteiger partial charge in [-0.25, -0.2) is 4.98 Å². The van der Waals surface area contributed by atoms with Gasteiger partial charge in [-0.15, -0.1) is 11.3 Å². The molecule has 0 saturated heterocycles. The molecule has 1 heterocycles. The zero-order valence-corrected chi connectivity index (χ0v) is 12.6. The van der Waals surface area contributed by atoms with E-state index in [1.165, 1.54) is 54.1 Å². The van der Waals surface area contributed by atoms with Crippen LogP contribution >= 0.6 is 11.3 Å².